The molecule has 8 heteroatoms. The van der Waals surface area contributed by atoms with Crippen molar-refractivity contribution in [2.45, 2.75) is 25.2 Å². The van der Waals surface area contributed by atoms with Gasteiger partial charge in [0, 0.05) is 31.6 Å². The van der Waals surface area contributed by atoms with Crippen LogP contribution in [0.1, 0.15) is 20.3 Å². The van der Waals surface area contributed by atoms with Crippen LogP contribution in [0.25, 0.3) is 0 Å². The molecule has 0 aliphatic heterocycles. The smallest absolute Gasteiger partial charge is 0.207 e. The molecule has 0 aromatic heterocycles. The molecule has 1 aromatic rings. The Morgan fingerprint density at radius 3 is 2.19 bits per heavy atom. The van der Waals surface area contributed by atoms with Crippen LogP contribution in [0.5, 0.6) is 0 Å². The predicted molar refractivity (Wildman–Crippen MR) is 70.1 cm³/mol. The quantitative estimate of drug-likeness (QED) is 0.809. The largest absolute Gasteiger partial charge is 0.248 e. The van der Waals surface area contributed by atoms with E-state index in [0.717, 1.165) is 4.31 Å². The molecule has 1 rings (SSSR count). The first-order chi connectivity index (χ1) is 9.70. The highest BCUT2D eigenvalue weighted by molar-refractivity contribution is 7.89. The maximum Gasteiger partial charge on any atom is 0.248 e. The second-order valence-corrected chi connectivity index (χ2v) is 6.74. The summed E-state index contributed by atoms with van der Waals surface area (Å²) < 4.78 is 65.7. The second-order valence-electron chi connectivity index (χ2n) is 4.86. The van der Waals surface area contributed by atoms with Crippen molar-refractivity contribution >= 4 is 10.0 Å². The highest BCUT2D eigenvalue weighted by Gasteiger charge is 2.31. The summed E-state index contributed by atoms with van der Waals surface area (Å²) in [6, 6.07) is 2.41. The van der Waals surface area contributed by atoms with Gasteiger partial charge < -0.3 is 0 Å². The molecule has 0 aliphatic carbocycles. The number of rotatable bonds is 6. The number of sulfonamides is 1. The Morgan fingerprint density at radius 2 is 1.76 bits per heavy atom. The van der Waals surface area contributed by atoms with Crippen molar-refractivity contribution in [2.24, 2.45) is 5.92 Å². The van der Waals surface area contributed by atoms with Crippen LogP contribution >= 0.6 is 0 Å². The van der Waals surface area contributed by atoms with Crippen molar-refractivity contribution in [3.05, 3.63) is 29.6 Å². The Bertz CT molecular complexity index is 631. The first kappa shape index (κ1) is 17.5. The highest BCUT2D eigenvalue weighted by Crippen LogP contribution is 2.24. The molecule has 0 radical (unpaired) electrons. The molecule has 0 unspecified atom stereocenters. The lowest BCUT2D eigenvalue weighted by atomic mass is 10.2. The van der Waals surface area contributed by atoms with Gasteiger partial charge >= 0.3 is 0 Å². The van der Waals surface area contributed by atoms with Gasteiger partial charge in [0.2, 0.25) is 10.0 Å². The van der Waals surface area contributed by atoms with Gasteiger partial charge in [-0.2, -0.15) is 9.57 Å². The van der Waals surface area contributed by atoms with Crippen molar-refractivity contribution in [1.29, 1.82) is 5.26 Å². The van der Waals surface area contributed by atoms with E-state index in [1.807, 2.05) is 0 Å². The fourth-order valence-electron chi connectivity index (χ4n) is 1.80. The SMILES string of the molecule is CC(C)CN(CCC#N)S(=O)(=O)c1c(F)cc(F)cc1F. The van der Waals surface area contributed by atoms with Crippen molar-refractivity contribution < 1.29 is 21.6 Å². The maximum atomic E-state index is 13.7. The summed E-state index contributed by atoms with van der Waals surface area (Å²) in [4.78, 5) is -1.19. The molecule has 116 valence electrons. The predicted octanol–water partition coefficient (Wildman–Crippen LogP) is 2.66. The normalized spacial score (nSPS) is 11.9. The molecule has 0 N–H and O–H groups in total. The fraction of sp³-hybridized carbons (Fsp3) is 0.462. The monoisotopic (exact) mass is 320 g/mol. The average molecular weight is 320 g/mol. The molecular weight excluding hydrogens is 305 g/mol. The van der Waals surface area contributed by atoms with Gasteiger partial charge in [-0.25, -0.2) is 21.6 Å². The first-order valence-corrected chi connectivity index (χ1v) is 7.65. The van der Waals surface area contributed by atoms with Gasteiger partial charge in [-0.05, 0) is 5.92 Å². The van der Waals surface area contributed by atoms with E-state index in [4.69, 9.17) is 5.26 Å². The molecule has 0 heterocycles. The van der Waals surface area contributed by atoms with Crippen molar-refractivity contribution in [3.63, 3.8) is 0 Å². The van der Waals surface area contributed by atoms with E-state index < -0.39 is 32.4 Å². The van der Waals surface area contributed by atoms with Crippen molar-refractivity contribution in [3.8, 4) is 6.07 Å². The molecule has 0 saturated heterocycles. The summed E-state index contributed by atoms with van der Waals surface area (Å²) in [6.45, 7) is 3.27. The average Bonchev–Trinajstić information content (AvgIpc) is 2.32. The van der Waals surface area contributed by atoms with Crippen LogP contribution < -0.4 is 0 Å². The zero-order valence-corrected chi connectivity index (χ0v) is 12.4. The van der Waals surface area contributed by atoms with Gasteiger partial charge in [-0.15, -0.1) is 0 Å². The number of halogens is 3. The lowest BCUT2D eigenvalue weighted by Crippen LogP contribution is -2.36. The molecule has 0 bridgehead atoms. The molecule has 0 amide bonds. The summed E-state index contributed by atoms with van der Waals surface area (Å²) in [5, 5.41) is 8.56. The standard InChI is InChI=1S/C13H15F3N2O2S/c1-9(2)8-18(5-3-4-17)21(19,20)13-11(15)6-10(14)7-12(13)16/h6-7,9H,3,5,8H2,1-2H3. The summed E-state index contributed by atoms with van der Waals surface area (Å²) in [7, 11) is -4.48. The van der Waals surface area contributed by atoms with Gasteiger partial charge in [-0.1, -0.05) is 13.8 Å². The minimum absolute atomic E-state index is 0.000268. The summed E-state index contributed by atoms with van der Waals surface area (Å²) in [6.07, 6.45) is -0.115. The van der Waals surface area contributed by atoms with Crippen LogP contribution in [0.15, 0.2) is 17.0 Å². The van der Waals surface area contributed by atoms with Crippen LogP contribution in [0.2, 0.25) is 0 Å². The van der Waals surface area contributed by atoms with Crippen LogP contribution in [-0.2, 0) is 10.0 Å². The second kappa shape index (κ2) is 6.91. The Kier molecular flexibility index (Phi) is 5.75. The third kappa shape index (κ3) is 4.19. The van der Waals surface area contributed by atoms with Crippen LogP contribution in [0.4, 0.5) is 13.2 Å². The van der Waals surface area contributed by atoms with Gasteiger partial charge in [0.25, 0.3) is 0 Å². The Balaban J connectivity index is 3.32. The number of benzene rings is 1. The molecule has 0 spiro atoms. The van der Waals surface area contributed by atoms with Gasteiger partial charge in [0.1, 0.15) is 17.5 Å². The third-order valence-corrected chi connectivity index (χ3v) is 4.52. The van der Waals surface area contributed by atoms with E-state index in [0.29, 0.717) is 12.1 Å². The van der Waals surface area contributed by atoms with Crippen molar-refractivity contribution in [2.75, 3.05) is 13.1 Å². The molecule has 0 aliphatic rings. The van der Waals surface area contributed by atoms with Gasteiger partial charge in [0.05, 0.1) is 6.07 Å². The number of nitriles is 1. The Labute approximate surface area is 121 Å². The zero-order valence-electron chi connectivity index (χ0n) is 11.6. The van der Waals surface area contributed by atoms with E-state index >= 15 is 0 Å². The summed E-state index contributed by atoms with van der Waals surface area (Å²) in [5.74, 6) is -4.28. The first-order valence-electron chi connectivity index (χ1n) is 6.21. The molecular formula is C13H15F3N2O2S. The molecule has 4 nitrogen and oxygen atoms in total. The van der Waals surface area contributed by atoms with E-state index in [-0.39, 0.29) is 25.4 Å². The molecule has 21 heavy (non-hydrogen) atoms. The number of hydrogen-bond donors (Lipinski definition) is 0. The van der Waals surface area contributed by atoms with Crippen LogP contribution in [0.3, 0.4) is 0 Å². The Morgan fingerprint density at radius 1 is 1.24 bits per heavy atom. The maximum absolute atomic E-state index is 13.7. The molecule has 0 saturated carbocycles. The summed E-state index contributed by atoms with van der Waals surface area (Å²) >= 11 is 0. The molecule has 1 aromatic carbocycles. The topological polar surface area (TPSA) is 61.2 Å². The minimum atomic E-state index is -4.48. The number of nitrogens with zero attached hydrogens (tertiary/aromatic N) is 2. The molecule has 0 atom stereocenters. The molecule has 0 fully saturated rings. The lowest BCUT2D eigenvalue weighted by Gasteiger charge is -2.23. The Hall–Kier alpha value is -1.59. The van der Waals surface area contributed by atoms with E-state index in [9.17, 15) is 21.6 Å². The van der Waals surface area contributed by atoms with Crippen molar-refractivity contribution in [1.82, 2.24) is 4.31 Å². The van der Waals surface area contributed by atoms with E-state index in [1.165, 1.54) is 0 Å². The highest BCUT2D eigenvalue weighted by atomic mass is 32.2. The number of hydrogen-bond acceptors (Lipinski definition) is 3. The lowest BCUT2D eigenvalue weighted by molar-refractivity contribution is 0.367. The minimum Gasteiger partial charge on any atom is -0.207 e. The van der Waals surface area contributed by atoms with Gasteiger partial charge in [0.15, 0.2) is 4.90 Å². The van der Waals surface area contributed by atoms with Crippen LogP contribution in [0, 0.1) is 34.7 Å². The summed E-state index contributed by atoms with van der Waals surface area (Å²) in [5.41, 5.74) is 0. The van der Waals surface area contributed by atoms with Gasteiger partial charge in [-0.3, -0.25) is 0 Å². The van der Waals surface area contributed by atoms with E-state index in [2.05, 4.69) is 0 Å². The fourth-order valence-corrected chi connectivity index (χ4v) is 3.49. The van der Waals surface area contributed by atoms with E-state index in [1.54, 1.807) is 19.9 Å². The van der Waals surface area contributed by atoms with Crippen LogP contribution in [-0.4, -0.2) is 25.8 Å². The zero-order chi connectivity index (χ0) is 16.2. The third-order valence-electron chi connectivity index (χ3n) is 2.60.